The van der Waals surface area contributed by atoms with Gasteiger partial charge in [0.05, 0.1) is 4.91 Å². The lowest BCUT2D eigenvalue weighted by Crippen LogP contribution is -2.33. The highest BCUT2D eigenvalue weighted by Crippen LogP contribution is 2.32. The Morgan fingerprint density at radius 2 is 1.81 bits per heavy atom. The molecule has 2 fully saturated rings. The van der Waals surface area contributed by atoms with Crippen LogP contribution in [0.1, 0.15) is 49.7 Å². The summed E-state index contributed by atoms with van der Waals surface area (Å²) < 4.78 is 0.584. The Balaban J connectivity index is 1.53. The van der Waals surface area contributed by atoms with E-state index in [1.807, 2.05) is 42.2 Å². The fraction of sp³-hybridized carbons (Fsp3) is 0.476. The van der Waals surface area contributed by atoms with E-state index in [0.29, 0.717) is 28.6 Å². The first-order chi connectivity index (χ1) is 13.0. The number of likely N-dealkylation sites (tertiary alicyclic amines) is 1. The molecular weight excluding hydrogens is 376 g/mol. The van der Waals surface area contributed by atoms with Gasteiger partial charge in [0, 0.05) is 26.1 Å². The molecule has 2 heterocycles. The third-order valence-corrected chi connectivity index (χ3v) is 6.36. The first-order valence-electron chi connectivity index (χ1n) is 9.64. The lowest BCUT2D eigenvalue weighted by atomic mass is 10.1. The average Bonchev–Trinajstić information content (AvgIpc) is 2.86. The second-order valence-electron chi connectivity index (χ2n) is 7.14. The molecule has 4 nitrogen and oxygen atoms in total. The van der Waals surface area contributed by atoms with Gasteiger partial charge in [0.2, 0.25) is 5.91 Å². The molecule has 0 spiro atoms. The van der Waals surface area contributed by atoms with Crippen LogP contribution in [0.5, 0.6) is 0 Å². The molecule has 0 aliphatic carbocycles. The zero-order valence-electron chi connectivity index (χ0n) is 15.8. The quantitative estimate of drug-likeness (QED) is 0.541. The van der Waals surface area contributed by atoms with E-state index in [1.165, 1.54) is 30.2 Å². The van der Waals surface area contributed by atoms with Gasteiger partial charge in [-0.2, -0.15) is 0 Å². The third-order valence-electron chi connectivity index (χ3n) is 4.98. The summed E-state index contributed by atoms with van der Waals surface area (Å²) in [7, 11) is 0. The van der Waals surface area contributed by atoms with Crippen molar-refractivity contribution in [1.82, 2.24) is 9.80 Å². The van der Waals surface area contributed by atoms with Gasteiger partial charge < -0.3 is 4.90 Å². The SMILES string of the molecule is Cc1ccc(/C=C2/SC(=S)N(CCCC(=O)N3CCCCCC3)C2=O)cc1. The number of benzene rings is 1. The lowest BCUT2D eigenvalue weighted by molar-refractivity contribution is -0.131. The number of thiocarbonyl (C=S) groups is 1. The highest BCUT2D eigenvalue weighted by molar-refractivity contribution is 8.26. The summed E-state index contributed by atoms with van der Waals surface area (Å²) >= 11 is 6.73. The predicted octanol–water partition coefficient (Wildman–Crippen LogP) is 4.38. The molecule has 0 saturated carbocycles. The van der Waals surface area contributed by atoms with E-state index in [2.05, 4.69) is 0 Å². The number of carbonyl (C=O) groups excluding carboxylic acids is 2. The van der Waals surface area contributed by atoms with E-state index >= 15 is 0 Å². The van der Waals surface area contributed by atoms with E-state index in [9.17, 15) is 9.59 Å². The standard InChI is InChI=1S/C21H26N2O2S2/c1-16-8-10-17(11-9-16)15-18-20(25)23(21(26)27-18)14-6-7-19(24)22-12-4-2-3-5-13-22/h8-11,15H,2-7,12-14H2,1H3/b18-15+. The first-order valence-corrected chi connectivity index (χ1v) is 10.9. The minimum atomic E-state index is -0.0483. The fourth-order valence-corrected chi connectivity index (χ4v) is 4.68. The summed E-state index contributed by atoms with van der Waals surface area (Å²) in [6.07, 6.45) is 7.66. The van der Waals surface area contributed by atoms with Crippen LogP contribution >= 0.6 is 24.0 Å². The van der Waals surface area contributed by atoms with Crippen molar-refractivity contribution in [2.75, 3.05) is 19.6 Å². The van der Waals surface area contributed by atoms with Crippen LogP contribution in [0.25, 0.3) is 6.08 Å². The predicted molar refractivity (Wildman–Crippen MR) is 115 cm³/mol. The Labute approximate surface area is 171 Å². The molecule has 3 rings (SSSR count). The molecule has 0 bridgehead atoms. The minimum Gasteiger partial charge on any atom is -0.343 e. The van der Waals surface area contributed by atoms with Gasteiger partial charge in [-0.25, -0.2) is 0 Å². The molecule has 1 aromatic rings. The van der Waals surface area contributed by atoms with Crippen molar-refractivity contribution < 1.29 is 9.59 Å². The molecule has 0 N–H and O–H groups in total. The number of nitrogens with zero attached hydrogens (tertiary/aromatic N) is 2. The van der Waals surface area contributed by atoms with E-state index in [1.54, 1.807) is 4.90 Å². The summed E-state index contributed by atoms with van der Waals surface area (Å²) in [6.45, 7) is 4.30. The maximum atomic E-state index is 12.7. The zero-order valence-corrected chi connectivity index (χ0v) is 17.4. The monoisotopic (exact) mass is 402 g/mol. The molecule has 0 radical (unpaired) electrons. The van der Waals surface area contributed by atoms with Gasteiger partial charge in [0.15, 0.2) is 0 Å². The molecule has 0 unspecified atom stereocenters. The van der Waals surface area contributed by atoms with Crippen LogP contribution in [-0.4, -0.2) is 45.6 Å². The number of hydrogen-bond donors (Lipinski definition) is 0. The zero-order chi connectivity index (χ0) is 19.2. The molecule has 0 atom stereocenters. The van der Waals surface area contributed by atoms with Gasteiger partial charge in [-0.05, 0) is 37.8 Å². The largest absolute Gasteiger partial charge is 0.343 e. The van der Waals surface area contributed by atoms with Crippen LogP contribution in [0.4, 0.5) is 0 Å². The van der Waals surface area contributed by atoms with Gasteiger partial charge in [-0.1, -0.05) is 66.7 Å². The third kappa shape index (κ3) is 5.42. The van der Waals surface area contributed by atoms with Crippen molar-refractivity contribution in [3.8, 4) is 0 Å². The van der Waals surface area contributed by atoms with Crippen molar-refractivity contribution in [3.05, 3.63) is 40.3 Å². The second-order valence-corrected chi connectivity index (χ2v) is 8.82. The smallest absolute Gasteiger partial charge is 0.266 e. The summed E-state index contributed by atoms with van der Waals surface area (Å²) in [5.41, 5.74) is 2.19. The highest BCUT2D eigenvalue weighted by atomic mass is 32.2. The van der Waals surface area contributed by atoms with Crippen molar-refractivity contribution in [2.24, 2.45) is 0 Å². The molecular formula is C21H26N2O2S2. The molecule has 0 aromatic heterocycles. The van der Waals surface area contributed by atoms with Crippen LogP contribution in [-0.2, 0) is 9.59 Å². The highest BCUT2D eigenvalue weighted by Gasteiger charge is 2.31. The van der Waals surface area contributed by atoms with Gasteiger partial charge in [-0.3, -0.25) is 14.5 Å². The lowest BCUT2D eigenvalue weighted by Gasteiger charge is -2.21. The number of amides is 2. The van der Waals surface area contributed by atoms with Gasteiger partial charge in [0.1, 0.15) is 4.32 Å². The summed E-state index contributed by atoms with van der Waals surface area (Å²) in [4.78, 5) is 29.3. The summed E-state index contributed by atoms with van der Waals surface area (Å²) in [5.74, 6) is 0.158. The molecule has 27 heavy (non-hydrogen) atoms. The summed E-state index contributed by atoms with van der Waals surface area (Å²) in [6, 6.07) is 8.06. The van der Waals surface area contributed by atoms with Crippen molar-refractivity contribution in [1.29, 1.82) is 0 Å². The molecule has 2 saturated heterocycles. The molecule has 2 aliphatic rings. The molecule has 144 valence electrons. The Morgan fingerprint density at radius 3 is 2.48 bits per heavy atom. The van der Waals surface area contributed by atoms with Gasteiger partial charge >= 0.3 is 0 Å². The number of rotatable bonds is 5. The molecule has 6 heteroatoms. The van der Waals surface area contributed by atoms with Crippen LogP contribution in [0, 0.1) is 6.92 Å². The number of carbonyl (C=O) groups is 2. The minimum absolute atomic E-state index is 0.0483. The first kappa shape index (κ1) is 20.1. The maximum absolute atomic E-state index is 12.7. The van der Waals surface area contributed by atoms with E-state index in [0.717, 1.165) is 31.5 Å². The molecule has 2 aliphatic heterocycles. The molecule has 2 amide bonds. The fourth-order valence-electron chi connectivity index (χ4n) is 3.37. The topological polar surface area (TPSA) is 40.6 Å². The average molecular weight is 403 g/mol. The van der Waals surface area contributed by atoms with E-state index < -0.39 is 0 Å². The molecule has 1 aromatic carbocycles. The van der Waals surface area contributed by atoms with Crippen LogP contribution in [0.3, 0.4) is 0 Å². The van der Waals surface area contributed by atoms with Gasteiger partial charge in [0.25, 0.3) is 5.91 Å². The van der Waals surface area contributed by atoms with E-state index in [-0.39, 0.29) is 11.8 Å². The van der Waals surface area contributed by atoms with Crippen molar-refractivity contribution in [3.63, 3.8) is 0 Å². The van der Waals surface area contributed by atoms with Crippen molar-refractivity contribution in [2.45, 2.75) is 45.4 Å². The summed E-state index contributed by atoms with van der Waals surface area (Å²) in [5, 5.41) is 0. The Morgan fingerprint density at radius 1 is 1.15 bits per heavy atom. The number of hydrogen-bond acceptors (Lipinski definition) is 4. The Hall–Kier alpha value is -1.66. The number of aryl methyl sites for hydroxylation is 1. The second kappa shape index (κ2) is 9.51. The van der Waals surface area contributed by atoms with Crippen LogP contribution in [0.15, 0.2) is 29.2 Å². The number of thioether (sulfide) groups is 1. The van der Waals surface area contributed by atoms with Crippen LogP contribution < -0.4 is 0 Å². The van der Waals surface area contributed by atoms with Crippen molar-refractivity contribution >= 4 is 46.2 Å². The maximum Gasteiger partial charge on any atom is 0.266 e. The van der Waals surface area contributed by atoms with E-state index in [4.69, 9.17) is 12.2 Å². The Bertz CT molecular complexity index is 735. The van der Waals surface area contributed by atoms with Crippen LogP contribution in [0.2, 0.25) is 0 Å². The normalized spacial score (nSPS) is 19.7. The Kier molecular flexibility index (Phi) is 7.07. The van der Waals surface area contributed by atoms with Gasteiger partial charge in [-0.15, -0.1) is 0 Å².